The van der Waals surface area contributed by atoms with E-state index in [2.05, 4.69) is 51.2 Å². The van der Waals surface area contributed by atoms with Crippen LogP contribution in [0.1, 0.15) is 44.7 Å². The van der Waals surface area contributed by atoms with E-state index in [1.54, 1.807) is 0 Å². The highest BCUT2D eigenvalue weighted by atomic mass is 16.5. The molecule has 88 valence electrons. The molecule has 0 amide bonds. The Kier molecular flexibility index (Phi) is 3.20. The summed E-state index contributed by atoms with van der Waals surface area (Å²) in [6, 6.07) is 7.04. The summed E-state index contributed by atoms with van der Waals surface area (Å²) in [6.07, 6.45) is 0.242. The SMILES string of the molecule is CC(C)Oc1ccc2c(c1)CNC(C)C2C. The zero-order valence-corrected chi connectivity index (χ0v) is 10.6. The van der Waals surface area contributed by atoms with Crippen molar-refractivity contribution in [1.29, 1.82) is 0 Å². The molecule has 2 atom stereocenters. The molecule has 0 saturated heterocycles. The Labute approximate surface area is 98.0 Å². The van der Waals surface area contributed by atoms with Crippen LogP contribution < -0.4 is 10.1 Å². The van der Waals surface area contributed by atoms with Gasteiger partial charge in [-0.05, 0) is 49.9 Å². The lowest BCUT2D eigenvalue weighted by molar-refractivity contribution is 0.242. The molecule has 2 rings (SSSR count). The molecule has 16 heavy (non-hydrogen) atoms. The van der Waals surface area contributed by atoms with Crippen molar-refractivity contribution < 1.29 is 4.74 Å². The Morgan fingerprint density at radius 1 is 1.31 bits per heavy atom. The molecular formula is C14H21NO. The monoisotopic (exact) mass is 219 g/mol. The number of fused-ring (bicyclic) bond motifs is 1. The lowest BCUT2D eigenvalue weighted by Crippen LogP contribution is -2.35. The lowest BCUT2D eigenvalue weighted by Gasteiger charge is -2.30. The fraction of sp³-hybridized carbons (Fsp3) is 0.571. The van der Waals surface area contributed by atoms with Crippen molar-refractivity contribution in [2.45, 2.75) is 52.3 Å². The molecule has 2 nitrogen and oxygen atoms in total. The lowest BCUT2D eigenvalue weighted by atomic mass is 9.87. The third kappa shape index (κ3) is 2.22. The summed E-state index contributed by atoms with van der Waals surface area (Å²) in [5.74, 6) is 1.56. The first-order valence-corrected chi connectivity index (χ1v) is 6.11. The van der Waals surface area contributed by atoms with Crippen molar-refractivity contribution in [1.82, 2.24) is 5.32 Å². The van der Waals surface area contributed by atoms with E-state index in [1.807, 2.05) is 0 Å². The molecule has 2 heteroatoms. The molecule has 1 aromatic rings. The maximum absolute atomic E-state index is 5.71. The minimum atomic E-state index is 0.242. The smallest absolute Gasteiger partial charge is 0.120 e. The van der Waals surface area contributed by atoms with Crippen LogP contribution in [0.2, 0.25) is 0 Å². The van der Waals surface area contributed by atoms with Crippen LogP contribution in [-0.4, -0.2) is 12.1 Å². The minimum absolute atomic E-state index is 0.242. The fourth-order valence-electron chi connectivity index (χ4n) is 2.24. The highest BCUT2D eigenvalue weighted by Crippen LogP contribution is 2.30. The van der Waals surface area contributed by atoms with E-state index in [9.17, 15) is 0 Å². The van der Waals surface area contributed by atoms with Gasteiger partial charge in [-0.2, -0.15) is 0 Å². The summed E-state index contributed by atoms with van der Waals surface area (Å²) in [5.41, 5.74) is 2.84. The second-order valence-corrected chi connectivity index (χ2v) is 4.99. The van der Waals surface area contributed by atoms with Crippen LogP contribution in [0.4, 0.5) is 0 Å². The summed E-state index contributed by atoms with van der Waals surface area (Å²) in [4.78, 5) is 0. The van der Waals surface area contributed by atoms with Crippen LogP contribution in [0.3, 0.4) is 0 Å². The minimum Gasteiger partial charge on any atom is -0.491 e. The number of benzene rings is 1. The van der Waals surface area contributed by atoms with Gasteiger partial charge in [0.1, 0.15) is 5.75 Å². The first-order valence-electron chi connectivity index (χ1n) is 6.11. The van der Waals surface area contributed by atoms with Gasteiger partial charge in [-0.25, -0.2) is 0 Å². The first-order chi connectivity index (χ1) is 7.58. The van der Waals surface area contributed by atoms with E-state index in [0.717, 1.165) is 12.3 Å². The summed E-state index contributed by atoms with van der Waals surface area (Å²) >= 11 is 0. The largest absolute Gasteiger partial charge is 0.491 e. The average molecular weight is 219 g/mol. The molecule has 2 unspecified atom stereocenters. The normalized spacial score (nSPS) is 24.3. The van der Waals surface area contributed by atoms with Crippen molar-refractivity contribution in [2.24, 2.45) is 0 Å². The number of ether oxygens (including phenoxy) is 1. The summed E-state index contributed by atoms with van der Waals surface area (Å²) in [5, 5.41) is 3.51. The Morgan fingerprint density at radius 3 is 2.75 bits per heavy atom. The molecule has 1 heterocycles. The number of hydrogen-bond acceptors (Lipinski definition) is 2. The Bertz CT molecular complexity index is 373. The topological polar surface area (TPSA) is 21.3 Å². The van der Waals surface area contributed by atoms with E-state index in [4.69, 9.17) is 4.74 Å². The highest BCUT2D eigenvalue weighted by Gasteiger charge is 2.22. The third-order valence-electron chi connectivity index (χ3n) is 3.34. The molecule has 0 saturated carbocycles. The standard InChI is InChI=1S/C14H21NO/c1-9(2)16-13-5-6-14-10(3)11(4)15-8-12(14)7-13/h5-7,9-11,15H,8H2,1-4H3. The Morgan fingerprint density at radius 2 is 2.06 bits per heavy atom. The van der Waals surface area contributed by atoms with Crippen LogP contribution in [0.15, 0.2) is 18.2 Å². The van der Waals surface area contributed by atoms with Crippen molar-refractivity contribution in [2.75, 3.05) is 0 Å². The van der Waals surface area contributed by atoms with Gasteiger partial charge in [0.25, 0.3) is 0 Å². The molecular weight excluding hydrogens is 198 g/mol. The van der Waals surface area contributed by atoms with Crippen molar-refractivity contribution in [3.05, 3.63) is 29.3 Å². The molecule has 1 N–H and O–H groups in total. The van der Waals surface area contributed by atoms with Gasteiger partial charge in [-0.3, -0.25) is 0 Å². The van der Waals surface area contributed by atoms with Gasteiger partial charge in [0.05, 0.1) is 6.10 Å². The maximum atomic E-state index is 5.71. The molecule has 1 aromatic carbocycles. The van der Waals surface area contributed by atoms with Gasteiger partial charge in [0.15, 0.2) is 0 Å². The molecule has 1 aliphatic heterocycles. The quantitative estimate of drug-likeness (QED) is 0.825. The molecule has 0 aliphatic carbocycles. The van der Waals surface area contributed by atoms with E-state index in [1.165, 1.54) is 11.1 Å². The molecule has 0 spiro atoms. The highest BCUT2D eigenvalue weighted by molar-refractivity contribution is 5.39. The second kappa shape index (κ2) is 4.46. The van der Waals surface area contributed by atoms with E-state index in [0.29, 0.717) is 12.0 Å². The van der Waals surface area contributed by atoms with Crippen LogP contribution in [-0.2, 0) is 6.54 Å². The van der Waals surface area contributed by atoms with Gasteiger partial charge in [-0.1, -0.05) is 13.0 Å². The maximum Gasteiger partial charge on any atom is 0.120 e. The van der Waals surface area contributed by atoms with Gasteiger partial charge >= 0.3 is 0 Å². The summed E-state index contributed by atoms with van der Waals surface area (Å²) in [6.45, 7) is 9.59. The van der Waals surface area contributed by atoms with Gasteiger partial charge in [0.2, 0.25) is 0 Å². The first kappa shape index (κ1) is 11.5. The molecule has 0 aromatic heterocycles. The van der Waals surface area contributed by atoms with Gasteiger partial charge < -0.3 is 10.1 Å². The van der Waals surface area contributed by atoms with Crippen molar-refractivity contribution >= 4 is 0 Å². The molecule has 1 aliphatic rings. The van der Waals surface area contributed by atoms with E-state index >= 15 is 0 Å². The van der Waals surface area contributed by atoms with Gasteiger partial charge in [-0.15, -0.1) is 0 Å². The zero-order chi connectivity index (χ0) is 11.7. The van der Waals surface area contributed by atoms with Crippen LogP contribution in [0.5, 0.6) is 5.75 Å². The Balaban J connectivity index is 2.26. The van der Waals surface area contributed by atoms with E-state index in [-0.39, 0.29) is 6.10 Å². The zero-order valence-electron chi connectivity index (χ0n) is 10.6. The summed E-state index contributed by atoms with van der Waals surface area (Å²) < 4.78 is 5.71. The third-order valence-corrected chi connectivity index (χ3v) is 3.34. The van der Waals surface area contributed by atoms with Crippen molar-refractivity contribution in [3.63, 3.8) is 0 Å². The Hall–Kier alpha value is -1.02. The second-order valence-electron chi connectivity index (χ2n) is 4.99. The predicted molar refractivity (Wildman–Crippen MR) is 66.9 cm³/mol. The number of hydrogen-bond donors (Lipinski definition) is 1. The average Bonchev–Trinajstić information content (AvgIpc) is 2.23. The van der Waals surface area contributed by atoms with Crippen LogP contribution in [0, 0.1) is 0 Å². The molecule has 0 bridgehead atoms. The van der Waals surface area contributed by atoms with E-state index < -0.39 is 0 Å². The van der Waals surface area contributed by atoms with Gasteiger partial charge in [0, 0.05) is 12.6 Å². The predicted octanol–water partition coefficient (Wildman–Crippen LogP) is 3.07. The number of rotatable bonds is 2. The number of nitrogens with one attached hydrogen (secondary N) is 1. The fourth-order valence-corrected chi connectivity index (χ4v) is 2.24. The molecule has 0 fully saturated rings. The van der Waals surface area contributed by atoms with Crippen LogP contribution in [0.25, 0.3) is 0 Å². The van der Waals surface area contributed by atoms with Crippen molar-refractivity contribution in [3.8, 4) is 5.75 Å². The summed E-state index contributed by atoms with van der Waals surface area (Å²) in [7, 11) is 0. The van der Waals surface area contributed by atoms with Crippen LogP contribution >= 0.6 is 0 Å². The molecule has 0 radical (unpaired) electrons.